The van der Waals surface area contributed by atoms with E-state index in [1.165, 1.54) is 12.8 Å². The van der Waals surface area contributed by atoms with E-state index in [1.807, 2.05) is 17.0 Å². The lowest BCUT2D eigenvalue weighted by Gasteiger charge is -2.30. The maximum atomic E-state index is 12.9. The molecule has 1 amide bonds. The molecule has 3 rings (SSSR count). The number of ether oxygens (including phenoxy) is 1. The highest BCUT2D eigenvalue weighted by Gasteiger charge is 2.18. The molecule has 0 unspecified atom stereocenters. The third-order valence-electron chi connectivity index (χ3n) is 5.55. The van der Waals surface area contributed by atoms with Crippen molar-refractivity contribution in [1.29, 1.82) is 0 Å². The first-order valence-corrected chi connectivity index (χ1v) is 11.7. The van der Waals surface area contributed by atoms with Gasteiger partial charge < -0.3 is 14.2 Å². The zero-order valence-electron chi connectivity index (χ0n) is 18.4. The van der Waals surface area contributed by atoms with Gasteiger partial charge in [-0.2, -0.15) is 4.98 Å². The van der Waals surface area contributed by atoms with E-state index in [4.69, 9.17) is 20.9 Å². The Morgan fingerprint density at radius 2 is 1.90 bits per heavy atom. The van der Waals surface area contributed by atoms with Crippen molar-refractivity contribution in [3.8, 4) is 11.4 Å². The molecule has 0 spiro atoms. The van der Waals surface area contributed by atoms with Gasteiger partial charge in [0, 0.05) is 56.2 Å². The summed E-state index contributed by atoms with van der Waals surface area (Å²) in [4.78, 5) is 21.7. The first-order valence-electron chi connectivity index (χ1n) is 11.3. The third kappa shape index (κ3) is 7.91. The van der Waals surface area contributed by atoms with Crippen molar-refractivity contribution in [3.63, 3.8) is 0 Å². The Hall–Kier alpha value is -1.96. The molecule has 0 saturated carbocycles. The topological polar surface area (TPSA) is 71.7 Å². The SMILES string of the molecule is CCCCCCN(CCN1CCOCC1)C(=O)CCc1nc(-c2ccc(Cl)cc2)no1. The van der Waals surface area contributed by atoms with Gasteiger partial charge in [-0.3, -0.25) is 9.69 Å². The summed E-state index contributed by atoms with van der Waals surface area (Å²) in [5, 5.41) is 4.70. The number of halogens is 1. The minimum atomic E-state index is 0.149. The molecule has 2 aromatic rings. The molecule has 2 heterocycles. The molecule has 170 valence electrons. The fourth-order valence-electron chi connectivity index (χ4n) is 3.62. The van der Waals surface area contributed by atoms with Gasteiger partial charge in [-0.05, 0) is 30.7 Å². The van der Waals surface area contributed by atoms with E-state index in [-0.39, 0.29) is 5.91 Å². The molecule has 0 radical (unpaired) electrons. The lowest BCUT2D eigenvalue weighted by molar-refractivity contribution is -0.131. The number of aromatic nitrogens is 2. The summed E-state index contributed by atoms with van der Waals surface area (Å²) in [5.41, 5.74) is 0.841. The van der Waals surface area contributed by atoms with Crippen LogP contribution < -0.4 is 0 Å². The minimum absolute atomic E-state index is 0.149. The number of carbonyl (C=O) groups excluding carboxylic acids is 1. The average molecular weight is 449 g/mol. The number of carbonyl (C=O) groups is 1. The molecule has 0 atom stereocenters. The standard InChI is InChI=1S/C23H33ClN4O3/c1-2-3-4-5-12-28(14-13-27-15-17-30-18-16-27)22(29)11-10-21-25-23(26-31-21)19-6-8-20(24)9-7-19/h6-9H,2-5,10-18H2,1H3. The summed E-state index contributed by atoms with van der Waals surface area (Å²) in [7, 11) is 0. The first-order chi connectivity index (χ1) is 15.2. The van der Waals surface area contributed by atoms with Gasteiger partial charge >= 0.3 is 0 Å². The Morgan fingerprint density at radius 3 is 2.65 bits per heavy atom. The van der Waals surface area contributed by atoms with Gasteiger partial charge in [0.05, 0.1) is 13.2 Å². The number of hydrogen-bond acceptors (Lipinski definition) is 6. The molecule has 0 aliphatic carbocycles. The molecule has 1 aromatic carbocycles. The van der Waals surface area contributed by atoms with E-state index in [9.17, 15) is 4.79 Å². The molecule has 31 heavy (non-hydrogen) atoms. The van der Waals surface area contributed by atoms with Crippen molar-refractivity contribution in [2.45, 2.75) is 45.4 Å². The van der Waals surface area contributed by atoms with E-state index < -0.39 is 0 Å². The van der Waals surface area contributed by atoms with Gasteiger partial charge in [0.25, 0.3) is 0 Å². The number of rotatable bonds is 12. The largest absolute Gasteiger partial charge is 0.379 e. The van der Waals surface area contributed by atoms with Crippen LogP contribution in [0.3, 0.4) is 0 Å². The summed E-state index contributed by atoms with van der Waals surface area (Å²) in [5.74, 6) is 1.15. The highest BCUT2D eigenvalue weighted by molar-refractivity contribution is 6.30. The first kappa shape index (κ1) is 23.7. The molecule has 1 aromatic heterocycles. The summed E-state index contributed by atoms with van der Waals surface area (Å²) in [6.07, 6.45) is 5.42. The predicted molar refractivity (Wildman–Crippen MR) is 121 cm³/mol. The monoisotopic (exact) mass is 448 g/mol. The average Bonchev–Trinajstić information content (AvgIpc) is 3.27. The van der Waals surface area contributed by atoms with Crippen LogP contribution in [-0.4, -0.2) is 71.8 Å². The molecule has 1 aliphatic rings. The normalized spacial score (nSPS) is 14.6. The minimum Gasteiger partial charge on any atom is -0.379 e. The Balaban J connectivity index is 1.51. The van der Waals surface area contributed by atoms with Crippen LogP contribution in [0.4, 0.5) is 0 Å². The maximum Gasteiger partial charge on any atom is 0.227 e. The Kier molecular flexibility index (Phi) is 9.78. The Morgan fingerprint density at radius 1 is 1.13 bits per heavy atom. The lowest BCUT2D eigenvalue weighted by atomic mass is 10.2. The molecule has 8 heteroatoms. The zero-order chi connectivity index (χ0) is 21.9. The number of nitrogens with zero attached hydrogens (tertiary/aromatic N) is 4. The van der Waals surface area contributed by atoms with Crippen LogP contribution in [0, 0.1) is 0 Å². The van der Waals surface area contributed by atoms with Crippen molar-refractivity contribution in [1.82, 2.24) is 19.9 Å². The van der Waals surface area contributed by atoms with E-state index in [0.717, 1.165) is 64.3 Å². The molecule has 1 saturated heterocycles. The van der Waals surface area contributed by atoms with Crippen molar-refractivity contribution >= 4 is 17.5 Å². The molecule has 0 N–H and O–H groups in total. The molecule has 1 aliphatic heterocycles. The van der Waals surface area contributed by atoms with Crippen LogP contribution >= 0.6 is 11.6 Å². The predicted octanol–water partition coefficient (Wildman–Crippen LogP) is 4.06. The zero-order valence-corrected chi connectivity index (χ0v) is 19.1. The van der Waals surface area contributed by atoms with Crippen molar-refractivity contribution in [2.24, 2.45) is 0 Å². The van der Waals surface area contributed by atoms with Crippen molar-refractivity contribution in [3.05, 3.63) is 35.2 Å². The number of amides is 1. The highest BCUT2D eigenvalue weighted by Crippen LogP contribution is 2.19. The second kappa shape index (κ2) is 12.8. The molecule has 7 nitrogen and oxygen atoms in total. The summed E-state index contributed by atoms with van der Waals surface area (Å²) < 4.78 is 10.8. The Labute approximate surface area is 189 Å². The summed E-state index contributed by atoms with van der Waals surface area (Å²) in [6, 6.07) is 7.29. The number of aryl methyl sites for hydroxylation is 1. The van der Waals surface area contributed by atoms with Crippen molar-refractivity contribution < 1.29 is 14.1 Å². The third-order valence-corrected chi connectivity index (χ3v) is 5.80. The van der Waals surface area contributed by atoms with E-state index in [0.29, 0.717) is 29.6 Å². The quantitative estimate of drug-likeness (QED) is 0.456. The number of hydrogen-bond donors (Lipinski definition) is 0. The Bertz CT molecular complexity index is 790. The molecule has 1 fully saturated rings. The van der Waals surface area contributed by atoms with Crippen LogP contribution in [0.5, 0.6) is 0 Å². The molecular formula is C23H33ClN4O3. The fourth-order valence-corrected chi connectivity index (χ4v) is 3.75. The second-order valence-electron chi connectivity index (χ2n) is 7.91. The van der Waals surface area contributed by atoms with Gasteiger partial charge in [0.15, 0.2) is 0 Å². The number of unbranched alkanes of at least 4 members (excludes halogenated alkanes) is 3. The maximum absolute atomic E-state index is 12.9. The van der Waals surface area contributed by atoms with Gasteiger partial charge in [-0.25, -0.2) is 0 Å². The lowest BCUT2D eigenvalue weighted by Crippen LogP contribution is -2.43. The van der Waals surface area contributed by atoms with Crippen LogP contribution in [0.1, 0.15) is 44.9 Å². The van der Waals surface area contributed by atoms with E-state index >= 15 is 0 Å². The fraction of sp³-hybridized carbons (Fsp3) is 0.609. The smallest absolute Gasteiger partial charge is 0.227 e. The van der Waals surface area contributed by atoms with E-state index in [2.05, 4.69) is 22.0 Å². The number of benzene rings is 1. The van der Waals surface area contributed by atoms with Gasteiger partial charge in [-0.1, -0.05) is 42.9 Å². The molecule has 0 bridgehead atoms. The van der Waals surface area contributed by atoms with Gasteiger partial charge in [0.1, 0.15) is 0 Å². The van der Waals surface area contributed by atoms with Crippen LogP contribution in [-0.2, 0) is 16.0 Å². The highest BCUT2D eigenvalue weighted by atomic mass is 35.5. The molecular weight excluding hydrogens is 416 g/mol. The second-order valence-corrected chi connectivity index (χ2v) is 8.35. The summed E-state index contributed by atoms with van der Waals surface area (Å²) >= 11 is 5.93. The van der Waals surface area contributed by atoms with Crippen LogP contribution in [0.15, 0.2) is 28.8 Å². The number of morpholine rings is 1. The summed E-state index contributed by atoms with van der Waals surface area (Å²) in [6.45, 7) is 8.08. The van der Waals surface area contributed by atoms with Gasteiger partial charge in [-0.15, -0.1) is 0 Å². The van der Waals surface area contributed by atoms with Crippen molar-refractivity contribution in [2.75, 3.05) is 45.9 Å². The van der Waals surface area contributed by atoms with Crippen LogP contribution in [0.2, 0.25) is 5.02 Å². The van der Waals surface area contributed by atoms with Crippen LogP contribution in [0.25, 0.3) is 11.4 Å². The van der Waals surface area contributed by atoms with E-state index in [1.54, 1.807) is 12.1 Å². The van der Waals surface area contributed by atoms with Gasteiger partial charge in [0.2, 0.25) is 17.6 Å².